The molecule has 26 nitrogen and oxygen atoms in total. The number of carbonyl (C=O) groups excluding carboxylic acids is 6. The monoisotopic (exact) mass is 1750 g/mol. The van der Waals surface area contributed by atoms with Gasteiger partial charge in [0, 0.05) is 80.7 Å². The van der Waals surface area contributed by atoms with Crippen LogP contribution in [0.15, 0.2) is 316 Å². The van der Waals surface area contributed by atoms with Crippen LogP contribution in [0.4, 0.5) is 0 Å². The molecule has 0 aliphatic carbocycles. The maximum atomic E-state index is 17.1. The van der Waals surface area contributed by atoms with Gasteiger partial charge >= 0.3 is 35.8 Å². The summed E-state index contributed by atoms with van der Waals surface area (Å²) in [5, 5.41) is 40.9. The lowest BCUT2D eigenvalue weighted by molar-refractivity contribution is -0.139. The first-order valence-electron chi connectivity index (χ1n) is 41.2. The molecule has 4 N–H and O–H groups in total. The molecule has 2 aliphatic rings. The number of methoxy groups -OCH3 is 2. The number of aromatic carboxylic acids is 4. The van der Waals surface area contributed by atoms with Crippen LogP contribution in [0.5, 0.6) is 69.0 Å². The van der Waals surface area contributed by atoms with Crippen molar-refractivity contribution in [3.05, 3.63) is 372 Å². The largest absolute Gasteiger partial charge is 0.493 e. The van der Waals surface area contributed by atoms with E-state index in [1.165, 1.54) is 124 Å². The van der Waals surface area contributed by atoms with Crippen molar-refractivity contribution in [3.63, 3.8) is 0 Å². The SMILES string of the molecule is COc1ccccc1OC(=O)C(Cc1ccncc1)N1C(=O)c2cc(Oc3cccc(-c4cccc(C(=O)O)c4)c3)c3c4c(Oc5cccc(-c6cccc(C(=O)O)c6)c5)cc5c6c(cc(Oc7cccc(-c8cccc(C(=O)O)c8)c7)c(c7c(Oc8cccc(-c9cccc(C(=O)O)c9)c8)cc(c2c37)C1=O)c64)C(=O)N(C(Cc1ccncc1)C(=O)Oc1ccccc1OC)C5=O. The Morgan fingerprint density at radius 3 is 0.765 bits per heavy atom. The van der Waals surface area contributed by atoms with Crippen LogP contribution in [0, 0.1) is 0 Å². The quantitative estimate of drug-likeness (QED) is 0.0116. The zero-order valence-corrected chi connectivity index (χ0v) is 69.5. The molecule has 2 atom stereocenters. The molecule has 0 radical (unpaired) electrons. The highest BCUT2D eigenvalue weighted by molar-refractivity contribution is 6.45. The van der Waals surface area contributed by atoms with E-state index in [0.717, 1.165) is 9.80 Å². The Hall–Kier alpha value is -18.2. The molecule has 0 spiro atoms. The maximum absolute atomic E-state index is 17.1. The van der Waals surface area contributed by atoms with Gasteiger partial charge in [-0.25, -0.2) is 28.8 Å². The summed E-state index contributed by atoms with van der Waals surface area (Å²) in [6, 6.07) is 71.7. The molecule has 132 heavy (non-hydrogen) atoms. The number of esters is 2. The van der Waals surface area contributed by atoms with E-state index in [-0.39, 0.29) is 169 Å². The first-order chi connectivity index (χ1) is 64.1. The van der Waals surface area contributed by atoms with Gasteiger partial charge in [0.1, 0.15) is 58.1 Å². The molecule has 19 rings (SSSR count). The Labute approximate surface area is 748 Å². The number of carboxylic acid groups (broad SMARTS) is 4. The van der Waals surface area contributed by atoms with Crippen molar-refractivity contribution >= 4 is 103 Å². The molecule has 0 saturated heterocycles. The van der Waals surface area contributed by atoms with Gasteiger partial charge in [-0.15, -0.1) is 0 Å². The van der Waals surface area contributed by atoms with Crippen molar-refractivity contribution in [3.8, 4) is 114 Å². The molecule has 4 heterocycles. The molecule has 0 bridgehead atoms. The lowest BCUT2D eigenvalue weighted by atomic mass is 9.80. The van der Waals surface area contributed by atoms with E-state index in [4.69, 9.17) is 37.9 Å². The molecule has 2 unspecified atom stereocenters. The van der Waals surface area contributed by atoms with Crippen molar-refractivity contribution in [2.75, 3.05) is 14.2 Å². The van der Waals surface area contributed by atoms with Gasteiger partial charge in [-0.2, -0.15) is 0 Å². The third-order valence-electron chi connectivity index (χ3n) is 23.1. The minimum absolute atomic E-state index is 0.0347. The number of carbonyl (C=O) groups is 10. The number of hydrogen-bond donors (Lipinski definition) is 4. The van der Waals surface area contributed by atoms with Gasteiger partial charge in [0.2, 0.25) is 0 Å². The van der Waals surface area contributed by atoms with Crippen molar-refractivity contribution in [2.24, 2.45) is 0 Å². The Morgan fingerprint density at radius 1 is 0.273 bits per heavy atom. The summed E-state index contributed by atoms with van der Waals surface area (Å²) in [4.78, 5) is 161. The number of ether oxygens (including phenoxy) is 8. The van der Waals surface area contributed by atoms with Crippen LogP contribution >= 0.6 is 0 Å². The van der Waals surface area contributed by atoms with Crippen LogP contribution in [0.2, 0.25) is 0 Å². The molecular weight excluding hydrogens is 1680 g/mol. The molecule has 0 fully saturated rings. The Bertz CT molecular complexity index is 6920. The number of fused-ring (bicyclic) bond motifs is 2. The van der Waals surface area contributed by atoms with Gasteiger partial charge in [-0.3, -0.25) is 38.9 Å². The van der Waals surface area contributed by atoms with Gasteiger partial charge in [0.15, 0.2) is 23.0 Å². The lowest BCUT2D eigenvalue weighted by Crippen LogP contribution is -2.53. The number of benzene rings is 15. The number of aromatic nitrogens is 2. The van der Waals surface area contributed by atoms with Crippen LogP contribution in [-0.2, 0) is 22.4 Å². The van der Waals surface area contributed by atoms with Crippen molar-refractivity contribution in [1.82, 2.24) is 19.8 Å². The zero-order valence-electron chi connectivity index (χ0n) is 69.5. The molecule has 644 valence electrons. The van der Waals surface area contributed by atoms with Crippen LogP contribution < -0.4 is 37.9 Å². The Kier molecular flexibility index (Phi) is 21.9. The summed E-state index contributed by atoms with van der Waals surface area (Å²) < 4.78 is 53.6. The minimum Gasteiger partial charge on any atom is -0.493 e. The highest BCUT2D eigenvalue weighted by atomic mass is 16.6. The van der Waals surface area contributed by atoms with Crippen molar-refractivity contribution in [2.45, 2.75) is 24.9 Å². The van der Waals surface area contributed by atoms with E-state index in [0.29, 0.717) is 55.6 Å². The van der Waals surface area contributed by atoms with Gasteiger partial charge in [0.05, 0.1) is 58.7 Å². The first kappa shape index (κ1) is 83.4. The normalized spacial score (nSPS) is 12.7. The van der Waals surface area contributed by atoms with E-state index in [1.54, 1.807) is 206 Å². The predicted octanol–water partition coefficient (Wildman–Crippen LogP) is 20.8. The van der Waals surface area contributed by atoms with Gasteiger partial charge in [-0.05, 0) is 225 Å². The zero-order chi connectivity index (χ0) is 91.3. The van der Waals surface area contributed by atoms with E-state index in [2.05, 4.69) is 9.97 Å². The van der Waals surface area contributed by atoms with Crippen LogP contribution in [-0.4, -0.2) is 126 Å². The summed E-state index contributed by atoms with van der Waals surface area (Å²) in [5.41, 5.74) is 2.96. The molecule has 17 aromatic rings. The van der Waals surface area contributed by atoms with Crippen LogP contribution in [0.1, 0.15) is 94.0 Å². The highest BCUT2D eigenvalue weighted by Crippen LogP contribution is 2.59. The Balaban J connectivity index is 0.969. The molecular formula is C106H68N4O22. The molecule has 15 aromatic carbocycles. The number of amides is 4. The summed E-state index contributed by atoms with van der Waals surface area (Å²) in [6.07, 6.45) is 5.14. The fraction of sp³-hybridized carbons (Fsp3) is 0.0566. The van der Waals surface area contributed by atoms with Crippen molar-refractivity contribution < 1.29 is 106 Å². The number of carboxylic acids is 4. The summed E-state index contributed by atoms with van der Waals surface area (Å²) >= 11 is 0. The van der Waals surface area contributed by atoms with Crippen molar-refractivity contribution in [1.29, 1.82) is 0 Å². The number of rotatable bonds is 28. The minimum atomic E-state index is -1.83. The number of nitrogens with zero attached hydrogens (tertiary/aromatic N) is 4. The average Bonchev–Trinajstić information content (AvgIpc) is 0.668. The third-order valence-corrected chi connectivity index (χ3v) is 23.1. The van der Waals surface area contributed by atoms with E-state index < -0.39 is 71.5 Å². The van der Waals surface area contributed by atoms with Gasteiger partial charge in [-0.1, -0.05) is 121 Å². The molecule has 4 amide bonds. The molecule has 2 aromatic heterocycles. The summed E-state index contributed by atoms with van der Waals surface area (Å²) in [7, 11) is 2.74. The molecule has 26 heteroatoms. The second kappa shape index (κ2) is 34.6. The van der Waals surface area contributed by atoms with E-state index in [9.17, 15) is 39.6 Å². The second-order valence-corrected chi connectivity index (χ2v) is 31.0. The summed E-state index contributed by atoms with van der Waals surface area (Å²) in [5.74, 6) is -12.0. The third kappa shape index (κ3) is 15.7. The number of para-hydroxylation sites is 4. The fourth-order valence-corrected chi connectivity index (χ4v) is 17.0. The van der Waals surface area contributed by atoms with E-state index in [1.807, 2.05) is 0 Å². The van der Waals surface area contributed by atoms with E-state index >= 15 is 28.8 Å². The van der Waals surface area contributed by atoms with Crippen LogP contribution in [0.3, 0.4) is 0 Å². The molecule has 2 aliphatic heterocycles. The maximum Gasteiger partial charge on any atom is 0.335 e. The lowest BCUT2D eigenvalue weighted by Gasteiger charge is -2.35. The second-order valence-electron chi connectivity index (χ2n) is 31.0. The number of imide groups is 2. The first-order valence-corrected chi connectivity index (χ1v) is 41.2. The highest BCUT2D eigenvalue weighted by Gasteiger charge is 2.48. The van der Waals surface area contributed by atoms with Crippen LogP contribution in [0.25, 0.3) is 87.6 Å². The predicted molar refractivity (Wildman–Crippen MR) is 485 cm³/mol. The Morgan fingerprint density at radius 2 is 0.515 bits per heavy atom. The standard InChI is InChI=1S/C106H68N4O22/c1-125-81-31-3-5-33-83(81)131-105(123)79(43-57-35-39-107-40-36-57)109-97(111)75-53-85(127-71-27-11-19-63(49-71)59-15-7-23-67(45-59)101(115)116)91-93-87(129-73-29-13-21-65(51-73)61-17-9-25-69(47-61)103(119)120)55-77-90-78(100(114)110(99(77)113)80(44-58-37-41-108-42-38-58)106(124)132-84-34-6-4-32-82(84)126-2)56-88(130-74-30-14-22-66(52-74)62-18-10-26-70(48-62)104(121)122)94(96(90)93)92-86(54-76(98(109)112)89(75)95(91)92)128-72-28-12-20-64(50-72)60-16-8-24-68(46-60)102(117)118/h3-42,45-56,79-80H,43-44H2,1-2H3,(H,115,116)(H,117,118)(H,119,120)(H,121,122). The summed E-state index contributed by atoms with van der Waals surface area (Å²) in [6.45, 7) is 0. The topological polar surface area (TPSA) is 358 Å². The average molecular weight is 1750 g/mol. The van der Waals surface area contributed by atoms with Gasteiger partial charge < -0.3 is 58.3 Å². The fourth-order valence-electron chi connectivity index (χ4n) is 17.0. The smallest absolute Gasteiger partial charge is 0.335 e. The number of pyridine rings is 2. The van der Waals surface area contributed by atoms with Gasteiger partial charge in [0.25, 0.3) is 23.6 Å². The molecule has 0 saturated carbocycles. The number of hydrogen-bond acceptors (Lipinski definition) is 20.